The van der Waals surface area contributed by atoms with Gasteiger partial charge in [0.05, 0.1) is 6.04 Å². The largest absolute Gasteiger partial charge is 0.454 e. The third-order valence-corrected chi connectivity index (χ3v) is 4.10. The number of ether oxygens (including phenoxy) is 2. The van der Waals surface area contributed by atoms with Crippen molar-refractivity contribution >= 4 is 12.0 Å². The Morgan fingerprint density at radius 3 is 2.68 bits per heavy atom. The van der Waals surface area contributed by atoms with Crippen molar-refractivity contribution in [2.24, 2.45) is 0 Å². The van der Waals surface area contributed by atoms with Gasteiger partial charge in [0.2, 0.25) is 12.7 Å². The van der Waals surface area contributed by atoms with Gasteiger partial charge in [0.1, 0.15) is 0 Å². The quantitative estimate of drug-likeness (QED) is 0.823. The topological polar surface area (TPSA) is 50.8 Å². The summed E-state index contributed by atoms with van der Waals surface area (Å²) in [5, 5.41) is 2.96. The van der Waals surface area contributed by atoms with Crippen molar-refractivity contribution < 1.29 is 14.3 Å². The summed E-state index contributed by atoms with van der Waals surface area (Å²) < 4.78 is 10.6. The van der Waals surface area contributed by atoms with Crippen molar-refractivity contribution in [3.05, 3.63) is 65.7 Å². The van der Waals surface area contributed by atoms with Gasteiger partial charge in [-0.1, -0.05) is 36.4 Å². The standard InChI is InChI=1S/C20H22N2O3/c1-22(2)17(16-6-4-3-5-7-16)13-21-20(23)11-9-15-8-10-18-19(12-15)25-14-24-18/h3-12,17H,13-14H2,1-2H3,(H,21,23)/b11-9+/t17-/m0/s1. The minimum atomic E-state index is -0.125. The fourth-order valence-corrected chi connectivity index (χ4v) is 2.72. The van der Waals surface area contributed by atoms with Crippen molar-refractivity contribution in [3.63, 3.8) is 0 Å². The number of carbonyl (C=O) groups excluding carboxylic acids is 1. The summed E-state index contributed by atoms with van der Waals surface area (Å²) >= 11 is 0. The van der Waals surface area contributed by atoms with E-state index in [0.717, 1.165) is 11.3 Å². The van der Waals surface area contributed by atoms with Gasteiger partial charge in [0.25, 0.3) is 0 Å². The van der Waals surface area contributed by atoms with Crippen LogP contribution in [0, 0.1) is 0 Å². The highest BCUT2D eigenvalue weighted by molar-refractivity contribution is 5.91. The molecule has 1 heterocycles. The van der Waals surface area contributed by atoms with Crippen LogP contribution < -0.4 is 14.8 Å². The van der Waals surface area contributed by atoms with E-state index in [9.17, 15) is 4.79 Å². The Kier molecular flexibility index (Phi) is 5.36. The number of hydrogen-bond donors (Lipinski definition) is 1. The minimum Gasteiger partial charge on any atom is -0.454 e. The van der Waals surface area contributed by atoms with E-state index in [1.165, 1.54) is 11.6 Å². The highest BCUT2D eigenvalue weighted by atomic mass is 16.7. The van der Waals surface area contributed by atoms with Crippen molar-refractivity contribution in [2.75, 3.05) is 27.4 Å². The van der Waals surface area contributed by atoms with E-state index >= 15 is 0 Å². The first-order valence-electron chi connectivity index (χ1n) is 8.20. The number of hydrogen-bond acceptors (Lipinski definition) is 4. The van der Waals surface area contributed by atoms with E-state index in [1.54, 1.807) is 6.08 Å². The van der Waals surface area contributed by atoms with Gasteiger partial charge in [-0.2, -0.15) is 0 Å². The van der Waals surface area contributed by atoms with Gasteiger partial charge in [0.15, 0.2) is 11.5 Å². The molecule has 0 aromatic heterocycles. The van der Waals surface area contributed by atoms with Crippen LogP contribution in [0.4, 0.5) is 0 Å². The molecule has 1 aliphatic heterocycles. The van der Waals surface area contributed by atoms with Crippen LogP contribution in [-0.2, 0) is 4.79 Å². The molecule has 0 spiro atoms. The smallest absolute Gasteiger partial charge is 0.244 e. The first-order valence-corrected chi connectivity index (χ1v) is 8.20. The summed E-state index contributed by atoms with van der Waals surface area (Å²) in [5.74, 6) is 1.32. The molecular formula is C20H22N2O3. The number of nitrogens with one attached hydrogen (secondary N) is 1. The molecule has 1 atom stereocenters. The average Bonchev–Trinajstić information content (AvgIpc) is 3.08. The van der Waals surface area contributed by atoms with E-state index < -0.39 is 0 Å². The SMILES string of the molecule is CN(C)[C@@H](CNC(=O)/C=C/c1ccc2c(c1)OCO2)c1ccccc1. The molecule has 1 aliphatic rings. The van der Waals surface area contributed by atoms with Gasteiger partial charge in [-0.05, 0) is 43.4 Å². The van der Waals surface area contributed by atoms with E-state index in [-0.39, 0.29) is 18.7 Å². The molecule has 3 rings (SSSR count). The highest BCUT2D eigenvalue weighted by Gasteiger charge is 2.14. The number of amides is 1. The number of fused-ring (bicyclic) bond motifs is 1. The van der Waals surface area contributed by atoms with Crippen LogP contribution in [0.1, 0.15) is 17.2 Å². The van der Waals surface area contributed by atoms with E-state index in [0.29, 0.717) is 12.3 Å². The monoisotopic (exact) mass is 338 g/mol. The molecule has 25 heavy (non-hydrogen) atoms. The van der Waals surface area contributed by atoms with Crippen molar-refractivity contribution in [1.29, 1.82) is 0 Å². The van der Waals surface area contributed by atoms with Crippen LogP contribution in [0.25, 0.3) is 6.08 Å². The average molecular weight is 338 g/mol. The summed E-state index contributed by atoms with van der Waals surface area (Å²) in [6.07, 6.45) is 3.31. The molecule has 0 aliphatic carbocycles. The van der Waals surface area contributed by atoms with E-state index in [1.807, 2.05) is 50.5 Å². The number of rotatable bonds is 6. The van der Waals surface area contributed by atoms with Crippen LogP contribution in [0.3, 0.4) is 0 Å². The molecule has 0 saturated carbocycles. The Labute approximate surface area is 147 Å². The first-order chi connectivity index (χ1) is 12.1. The minimum absolute atomic E-state index is 0.125. The lowest BCUT2D eigenvalue weighted by atomic mass is 10.1. The lowest BCUT2D eigenvalue weighted by molar-refractivity contribution is -0.116. The Bertz CT molecular complexity index is 757. The molecule has 130 valence electrons. The number of nitrogens with zero attached hydrogens (tertiary/aromatic N) is 1. The second-order valence-electron chi connectivity index (χ2n) is 6.08. The number of likely N-dealkylation sites (N-methyl/N-ethyl adjacent to an activating group) is 1. The van der Waals surface area contributed by atoms with Crippen molar-refractivity contribution in [1.82, 2.24) is 10.2 Å². The van der Waals surface area contributed by atoms with Crippen molar-refractivity contribution in [3.8, 4) is 11.5 Å². The van der Waals surface area contributed by atoms with Gasteiger partial charge in [-0.15, -0.1) is 0 Å². The Morgan fingerprint density at radius 2 is 1.92 bits per heavy atom. The van der Waals surface area contributed by atoms with Gasteiger partial charge < -0.3 is 19.7 Å². The molecule has 0 fully saturated rings. The van der Waals surface area contributed by atoms with Crippen LogP contribution in [0.5, 0.6) is 11.5 Å². The fourth-order valence-electron chi connectivity index (χ4n) is 2.72. The molecule has 1 amide bonds. The summed E-state index contributed by atoms with van der Waals surface area (Å²) in [5.41, 5.74) is 2.07. The third kappa shape index (κ3) is 4.39. The van der Waals surface area contributed by atoms with Crippen LogP contribution >= 0.6 is 0 Å². The zero-order valence-electron chi connectivity index (χ0n) is 14.4. The molecule has 2 aromatic carbocycles. The van der Waals surface area contributed by atoms with Crippen LogP contribution in [0.2, 0.25) is 0 Å². The predicted octanol–water partition coefficient (Wildman–Crippen LogP) is 2.85. The third-order valence-electron chi connectivity index (χ3n) is 4.10. The van der Waals surface area contributed by atoms with Gasteiger partial charge in [-0.25, -0.2) is 0 Å². The van der Waals surface area contributed by atoms with Gasteiger partial charge >= 0.3 is 0 Å². The highest BCUT2D eigenvalue weighted by Crippen LogP contribution is 2.32. The number of carbonyl (C=O) groups is 1. The lowest BCUT2D eigenvalue weighted by Crippen LogP contribution is -2.33. The second-order valence-corrected chi connectivity index (χ2v) is 6.08. The first kappa shape index (κ1) is 17.0. The number of benzene rings is 2. The maximum atomic E-state index is 12.1. The zero-order valence-corrected chi connectivity index (χ0v) is 14.4. The van der Waals surface area contributed by atoms with Gasteiger partial charge in [0, 0.05) is 12.6 Å². The van der Waals surface area contributed by atoms with Gasteiger partial charge in [-0.3, -0.25) is 4.79 Å². The maximum Gasteiger partial charge on any atom is 0.244 e. The van der Waals surface area contributed by atoms with Crippen LogP contribution in [0.15, 0.2) is 54.6 Å². The molecule has 5 heteroatoms. The molecule has 2 aromatic rings. The predicted molar refractivity (Wildman–Crippen MR) is 97.5 cm³/mol. The molecule has 5 nitrogen and oxygen atoms in total. The van der Waals surface area contributed by atoms with E-state index in [4.69, 9.17) is 9.47 Å². The Balaban J connectivity index is 1.58. The molecular weight excluding hydrogens is 316 g/mol. The summed E-state index contributed by atoms with van der Waals surface area (Å²) in [7, 11) is 4.01. The maximum absolute atomic E-state index is 12.1. The molecule has 0 radical (unpaired) electrons. The Morgan fingerprint density at radius 1 is 1.16 bits per heavy atom. The van der Waals surface area contributed by atoms with Crippen molar-refractivity contribution in [2.45, 2.75) is 6.04 Å². The summed E-state index contributed by atoms with van der Waals surface area (Å²) in [4.78, 5) is 14.2. The second kappa shape index (κ2) is 7.85. The molecule has 0 saturated heterocycles. The molecule has 1 N–H and O–H groups in total. The summed E-state index contributed by atoms with van der Waals surface area (Å²) in [6.45, 7) is 0.787. The normalized spacial score (nSPS) is 14.0. The fraction of sp³-hybridized carbons (Fsp3) is 0.250. The molecule has 0 unspecified atom stereocenters. The van der Waals surface area contributed by atoms with E-state index in [2.05, 4.69) is 22.3 Å². The lowest BCUT2D eigenvalue weighted by Gasteiger charge is -2.24. The molecule has 0 bridgehead atoms. The Hall–Kier alpha value is -2.79. The summed E-state index contributed by atoms with van der Waals surface area (Å²) in [6, 6.07) is 15.9. The van der Waals surface area contributed by atoms with Crippen LogP contribution in [-0.4, -0.2) is 38.2 Å². The zero-order chi connectivity index (χ0) is 17.6.